The zero-order valence-corrected chi connectivity index (χ0v) is 15.4. The molecule has 0 radical (unpaired) electrons. The van der Waals surface area contributed by atoms with Gasteiger partial charge in [-0.05, 0) is 36.1 Å². The third kappa shape index (κ3) is 4.66. The van der Waals surface area contributed by atoms with E-state index in [4.69, 9.17) is 0 Å². The standard InChI is InChI=1S/C24H32O/c25-23-17-15-22(16-18-23)24(21-13-9-8-10-14-21)19-11-6-4-2-1-3-5-7-12-20-24/h8-10,13-18,25H,1-7,11-12,19-20H2. The normalized spacial score (nSPS) is 19.5. The van der Waals surface area contributed by atoms with Crippen molar-refractivity contribution in [3.8, 4) is 5.75 Å². The SMILES string of the molecule is Oc1ccc(C2(c3ccccc3)CCCCCCCCCCC2)cc1. The third-order valence-corrected chi connectivity index (χ3v) is 5.95. The number of phenols is 1. The second-order valence-electron chi connectivity index (χ2n) is 7.68. The Labute approximate surface area is 153 Å². The summed E-state index contributed by atoms with van der Waals surface area (Å²) in [6.45, 7) is 0. The molecule has 0 amide bonds. The van der Waals surface area contributed by atoms with Gasteiger partial charge in [0, 0.05) is 5.41 Å². The van der Waals surface area contributed by atoms with Crippen LogP contribution in [0.2, 0.25) is 0 Å². The van der Waals surface area contributed by atoms with Gasteiger partial charge in [0.2, 0.25) is 0 Å². The molecule has 0 spiro atoms. The molecule has 1 aliphatic rings. The van der Waals surface area contributed by atoms with E-state index in [1.165, 1.54) is 81.8 Å². The molecular weight excluding hydrogens is 304 g/mol. The largest absolute Gasteiger partial charge is 0.508 e. The highest BCUT2D eigenvalue weighted by Crippen LogP contribution is 2.42. The molecule has 1 heteroatoms. The molecule has 0 bridgehead atoms. The number of hydrogen-bond acceptors (Lipinski definition) is 1. The predicted molar refractivity (Wildman–Crippen MR) is 106 cm³/mol. The van der Waals surface area contributed by atoms with Crippen LogP contribution in [0.1, 0.15) is 81.8 Å². The van der Waals surface area contributed by atoms with Gasteiger partial charge in [0.15, 0.2) is 0 Å². The van der Waals surface area contributed by atoms with Crippen LogP contribution in [0, 0.1) is 0 Å². The summed E-state index contributed by atoms with van der Waals surface area (Å²) < 4.78 is 0. The zero-order chi connectivity index (χ0) is 17.4. The van der Waals surface area contributed by atoms with Crippen molar-refractivity contribution in [2.45, 2.75) is 76.0 Å². The van der Waals surface area contributed by atoms with E-state index in [9.17, 15) is 5.11 Å². The van der Waals surface area contributed by atoms with Crippen LogP contribution >= 0.6 is 0 Å². The first-order valence-corrected chi connectivity index (χ1v) is 10.2. The molecule has 1 fully saturated rings. The van der Waals surface area contributed by atoms with Gasteiger partial charge in [0.1, 0.15) is 5.75 Å². The fourth-order valence-electron chi connectivity index (χ4n) is 4.50. The number of benzene rings is 2. The van der Waals surface area contributed by atoms with Crippen LogP contribution in [0.4, 0.5) is 0 Å². The van der Waals surface area contributed by atoms with Gasteiger partial charge in [-0.15, -0.1) is 0 Å². The monoisotopic (exact) mass is 336 g/mol. The Hall–Kier alpha value is -1.76. The van der Waals surface area contributed by atoms with Crippen molar-refractivity contribution in [2.24, 2.45) is 0 Å². The molecule has 2 aromatic carbocycles. The van der Waals surface area contributed by atoms with Gasteiger partial charge in [-0.25, -0.2) is 0 Å². The lowest BCUT2D eigenvalue weighted by molar-refractivity contribution is 0.382. The molecule has 0 aromatic heterocycles. The molecular formula is C24H32O. The summed E-state index contributed by atoms with van der Waals surface area (Å²) in [4.78, 5) is 0. The van der Waals surface area contributed by atoms with Crippen molar-refractivity contribution in [1.29, 1.82) is 0 Å². The maximum Gasteiger partial charge on any atom is 0.115 e. The Bertz CT molecular complexity index is 602. The quantitative estimate of drug-likeness (QED) is 0.627. The first kappa shape index (κ1) is 18.0. The molecule has 3 rings (SSSR count). The van der Waals surface area contributed by atoms with Crippen molar-refractivity contribution in [1.82, 2.24) is 0 Å². The smallest absolute Gasteiger partial charge is 0.115 e. The van der Waals surface area contributed by atoms with Gasteiger partial charge in [-0.3, -0.25) is 0 Å². The summed E-state index contributed by atoms with van der Waals surface area (Å²) in [5, 5.41) is 9.76. The molecule has 0 unspecified atom stereocenters. The minimum absolute atomic E-state index is 0.0914. The second-order valence-corrected chi connectivity index (χ2v) is 7.68. The van der Waals surface area contributed by atoms with Crippen LogP contribution in [-0.4, -0.2) is 5.11 Å². The Morgan fingerprint density at radius 1 is 0.520 bits per heavy atom. The van der Waals surface area contributed by atoms with Crippen molar-refractivity contribution >= 4 is 0 Å². The van der Waals surface area contributed by atoms with Gasteiger partial charge in [0.25, 0.3) is 0 Å². The first-order chi connectivity index (χ1) is 12.3. The number of aromatic hydroxyl groups is 1. The van der Waals surface area contributed by atoms with Crippen molar-refractivity contribution in [3.63, 3.8) is 0 Å². The molecule has 1 saturated carbocycles. The van der Waals surface area contributed by atoms with Crippen LogP contribution < -0.4 is 0 Å². The van der Waals surface area contributed by atoms with Gasteiger partial charge < -0.3 is 5.11 Å². The van der Waals surface area contributed by atoms with E-state index in [1.807, 2.05) is 12.1 Å². The van der Waals surface area contributed by atoms with E-state index in [0.717, 1.165) is 0 Å². The Balaban J connectivity index is 1.95. The molecule has 1 N–H and O–H groups in total. The summed E-state index contributed by atoms with van der Waals surface area (Å²) in [6.07, 6.45) is 14.6. The second kappa shape index (κ2) is 9.08. The van der Waals surface area contributed by atoms with Crippen LogP contribution in [-0.2, 0) is 5.41 Å². The minimum atomic E-state index is 0.0914. The molecule has 0 saturated heterocycles. The van der Waals surface area contributed by atoms with Crippen molar-refractivity contribution in [2.75, 3.05) is 0 Å². The maximum absolute atomic E-state index is 9.76. The van der Waals surface area contributed by atoms with E-state index < -0.39 is 0 Å². The number of rotatable bonds is 2. The molecule has 0 heterocycles. The van der Waals surface area contributed by atoms with Gasteiger partial charge in [0.05, 0.1) is 0 Å². The van der Waals surface area contributed by atoms with Gasteiger partial charge in [-0.2, -0.15) is 0 Å². The summed E-state index contributed by atoms with van der Waals surface area (Å²) in [5.74, 6) is 0.361. The average Bonchev–Trinajstić information content (AvgIpc) is 2.64. The van der Waals surface area contributed by atoms with Crippen LogP contribution in [0.15, 0.2) is 54.6 Å². The molecule has 0 atom stereocenters. The summed E-state index contributed by atoms with van der Waals surface area (Å²) in [5.41, 5.74) is 2.90. The molecule has 25 heavy (non-hydrogen) atoms. The number of phenolic OH excluding ortho intramolecular Hbond substituents is 1. The highest BCUT2D eigenvalue weighted by Gasteiger charge is 2.33. The van der Waals surface area contributed by atoms with Crippen molar-refractivity contribution < 1.29 is 5.11 Å². The van der Waals surface area contributed by atoms with Crippen LogP contribution in [0.5, 0.6) is 5.75 Å². The minimum Gasteiger partial charge on any atom is -0.508 e. The number of hydrogen-bond donors (Lipinski definition) is 1. The topological polar surface area (TPSA) is 20.2 Å². The highest BCUT2D eigenvalue weighted by atomic mass is 16.3. The average molecular weight is 337 g/mol. The molecule has 1 nitrogen and oxygen atoms in total. The molecule has 2 aromatic rings. The lowest BCUT2D eigenvalue weighted by atomic mass is 9.67. The Kier molecular flexibility index (Phi) is 6.55. The predicted octanol–water partition coefficient (Wildman–Crippen LogP) is 6.98. The van der Waals surface area contributed by atoms with Gasteiger partial charge >= 0.3 is 0 Å². The Morgan fingerprint density at radius 3 is 1.48 bits per heavy atom. The fraction of sp³-hybridized carbons (Fsp3) is 0.500. The van der Waals surface area contributed by atoms with E-state index in [0.29, 0.717) is 5.75 Å². The first-order valence-electron chi connectivity index (χ1n) is 10.2. The van der Waals surface area contributed by atoms with Crippen LogP contribution in [0.25, 0.3) is 0 Å². The van der Waals surface area contributed by atoms with Crippen molar-refractivity contribution in [3.05, 3.63) is 65.7 Å². The summed E-state index contributed by atoms with van der Waals surface area (Å²) >= 11 is 0. The lowest BCUT2D eigenvalue weighted by Crippen LogP contribution is -2.28. The molecule has 0 aliphatic heterocycles. The summed E-state index contributed by atoms with van der Waals surface area (Å²) in [7, 11) is 0. The van der Waals surface area contributed by atoms with E-state index in [1.54, 1.807) is 0 Å². The molecule has 134 valence electrons. The van der Waals surface area contributed by atoms with Crippen LogP contribution in [0.3, 0.4) is 0 Å². The van der Waals surface area contributed by atoms with E-state index in [2.05, 4.69) is 42.5 Å². The van der Waals surface area contributed by atoms with E-state index in [-0.39, 0.29) is 5.41 Å². The zero-order valence-electron chi connectivity index (χ0n) is 15.4. The third-order valence-electron chi connectivity index (χ3n) is 5.95. The Morgan fingerprint density at radius 2 is 0.960 bits per heavy atom. The summed E-state index contributed by atoms with van der Waals surface area (Å²) in [6, 6.07) is 19.1. The van der Waals surface area contributed by atoms with E-state index >= 15 is 0 Å². The molecule has 1 aliphatic carbocycles. The van der Waals surface area contributed by atoms with Gasteiger partial charge in [-0.1, -0.05) is 100 Å². The maximum atomic E-state index is 9.76. The fourth-order valence-corrected chi connectivity index (χ4v) is 4.50. The highest BCUT2D eigenvalue weighted by molar-refractivity contribution is 5.41. The lowest BCUT2D eigenvalue weighted by Gasteiger charge is -2.36.